The second-order valence-corrected chi connectivity index (χ2v) is 5.45. The normalized spacial score (nSPS) is 13.3. The summed E-state index contributed by atoms with van der Waals surface area (Å²) in [6.45, 7) is 8.07. The highest BCUT2D eigenvalue weighted by Crippen LogP contribution is 2.23. The van der Waals surface area contributed by atoms with Crippen LogP contribution >= 0.6 is 0 Å². The van der Waals surface area contributed by atoms with Crippen LogP contribution in [0.4, 0.5) is 0 Å². The van der Waals surface area contributed by atoms with E-state index in [9.17, 15) is 9.59 Å². The first-order valence-electron chi connectivity index (χ1n) is 7.01. The molecular weight excluding hydrogens is 270 g/mol. The number of ether oxygens (including phenoxy) is 1. The monoisotopic (exact) mass is 291 g/mol. The Bertz CT molecular complexity index is 710. The van der Waals surface area contributed by atoms with Gasteiger partial charge in [0.25, 0.3) is 0 Å². The smallest absolute Gasteiger partial charge is 0.351 e. The van der Waals surface area contributed by atoms with E-state index in [4.69, 9.17) is 4.74 Å². The number of H-pyrrole nitrogens is 1. The fourth-order valence-electron chi connectivity index (χ4n) is 2.27. The highest BCUT2D eigenvalue weighted by Gasteiger charge is 2.30. The fraction of sp³-hybridized carbons (Fsp3) is 0.467. The molecule has 2 aromatic rings. The Hall–Kier alpha value is -2.08. The van der Waals surface area contributed by atoms with Crippen LogP contribution in [0.15, 0.2) is 39.9 Å². The lowest BCUT2D eigenvalue weighted by atomic mass is 10.0. The van der Waals surface area contributed by atoms with Gasteiger partial charge in [0.05, 0.1) is 17.3 Å². The quantitative estimate of drug-likeness (QED) is 0.911. The van der Waals surface area contributed by atoms with E-state index in [0.717, 1.165) is 4.57 Å². The van der Waals surface area contributed by atoms with Crippen LogP contribution in [0, 0.1) is 0 Å². The number of nitrogens with one attached hydrogen (secondary N) is 1. The standard InChI is InChI=1S/C15H21N3O3/c1-5-21-15(3,4)11(2)18-14(20)17(13(19)16-18)12-9-7-6-8-10-12/h6-11H,5H2,1-4H3,(H,16,19). The molecule has 1 atom stereocenters. The molecule has 0 amide bonds. The van der Waals surface area contributed by atoms with Crippen molar-refractivity contribution >= 4 is 0 Å². The third-order valence-electron chi connectivity index (χ3n) is 3.74. The number of aromatic nitrogens is 3. The second kappa shape index (κ2) is 5.73. The molecule has 0 fully saturated rings. The van der Waals surface area contributed by atoms with Gasteiger partial charge in [-0.25, -0.2) is 23.9 Å². The fourth-order valence-corrected chi connectivity index (χ4v) is 2.27. The lowest BCUT2D eigenvalue weighted by Crippen LogP contribution is -2.40. The number of benzene rings is 1. The second-order valence-electron chi connectivity index (χ2n) is 5.45. The summed E-state index contributed by atoms with van der Waals surface area (Å²) in [4.78, 5) is 24.6. The predicted octanol–water partition coefficient (Wildman–Crippen LogP) is 1.70. The van der Waals surface area contributed by atoms with E-state index in [0.29, 0.717) is 12.3 Å². The Balaban J connectivity index is 2.50. The number of para-hydroxylation sites is 1. The van der Waals surface area contributed by atoms with Gasteiger partial charge in [0, 0.05) is 6.61 Å². The van der Waals surface area contributed by atoms with Gasteiger partial charge in [-0.3, -0.25) is 0 Å². The average molecular weight is 291 g/mol. The Labute approximate surface area is 123 Å². The van der Waals surface area contributed by atoms with Gasteiger partial charge in [-0.05, 0) is 39.8 Å². The molecule has 2 rings (SSSR count). The molecule has 1 aromatic heterocycles. The summed E-state index contributed by atoms with van der Waals surface area (Å²) in [5.74, 6) is 0. The Morgan fingerprint density at radius 1 is 1.24 bits per heavy atom. The van der Waals surface area contributed by atoms with Crippen LogP contribution in [0.2, 0.25) is 0 Å². The molecule has 1 heterocycles. The van der Waals surface area contributed by atoms with Crippen molar-refractivity contribution < 1.29 is 4.74 Å². The van der Waals surface area contributed by atoms with Gasteiger partial charge in [0.1, 0.15) is 0 Å². The van der Waals surface area contributed by atoms with Crippen LogP contribution in [0.5, 0.6) is 0 Å². The highest BCUT2D eigenvalue weighted by molar-refractivity contribution is 5.30. The van der Waals surface area contributed by atoms with E-state index in [1.54, 1.807) is 24.3 Å². The van der Waals surface area contributed by atoms with E-state index in [-0.39, 0.29) is 6.04 Å². The zero-order valence-electron chi connectivity index (χ0n) is 12.8. The van der Waals surface area contributed by atoms with E-state index in [2.05, 4.69) is 5.10 Å². The molecule has 21 heavy (non-hydrogen) atoms. The zero-order valence-corrected chi connectivity index (χ0v) is 12.8. The van der Waals surface area contributed by atoms with Gasteiger partial charge in [-0.2, -0.15) is 0 Å². The minimum absolute atomic E-state index is 0.303. The summed E-state index contributed by atoms with van der Waals surface area (Å²) in [5.41, 5.74) is -0.870. The maximum absolute atomic E-state index is 12.5. The molecule has 0 aliphatic rings. The summed E-state index contributed by atoms with van der Waals surface area (Å²) in [5, 5.41) is 2.61. The molecule has 0 saturated heterocycles. The van der Waals surface area contributed by atoms with Gasteiger partial charge in [-0.15, -0.1) is 0 Å². The van der Waals surface area contributed by atoms with Crippen molar-refractivity contribution in [3.05, 3.63) is 51.3 Å². The molecule has 114 valence electrons. The minimum Gasteiger partial charge on any atom is -0.374 e. The molecule has 0 aliphatic carbocycles. The molecule has 6 heteroatoms. The first-order valence-corrected chi connectivity index (χ1v) is 7.01. The van der Waals surface area contributed by atoms with Crippen molar-refractivity contribution in [2.75, 3.05) is 6.61 Å². The van der Waals surface area contributed by atoms with E-state index in [1.807, 2.05) is 33.8 Å². The molecular formula is C15H21N3O3. The topological polar surface area (TPSA) is 69.0 Å². The van der Waals surface area contributed by atoms with Crippen LogP contribution < -0.4 is 11.4 Å². The minimum atomic E-state index is -0.565. The first-order chi connectivity index (χ1) is 9.88. The van der Waals surface area contributed by atoms with E-state index < -0.39 is 17.0 Å². The van der Waals surface area contributed by atoms with Crippen LogP contribution in [0.25, 0.3) is 5.69 Å². The first kappa shape index (κ1) is 15.3. The van der Waals surface area contributed by atoms with Crippen molar-refractivity contribution in [3.8, 4) is 5.69 Å². The molecule has 1 aromatic carbocycles. The molecule has 0 radical (unpaired) electrons. The number of nitrogens with zero attached hydrogens (tertiary/aromatic N) is 2. The van der Waals surface area contributed by atoms with Crippen molar-refractivity contribution in [1.82, 2.24) is 14.3 Å². The maximum Gasteiger partial charge on any atom is 0.351 e. The van der Waals surface area contributed by atoms with Crippen LogP contribution in [-0.4, -0.2) is 26.6 Å². The van der Waals surface area contributed by atoms with Crippen LogP contribution in [-0.2, 0) is 4.74 Å². The number of hydrogen-bond acceptors (Lipinski definition) is 3. The van der Waals surface area contributed by atoms with Crippen LogP contribution in [0.1, 0.15) is 33.7 Å². The summed E-state index contributed by atoms with van der Waals surface area (Å²) in [7, 11) is 0. The highest BCUT2D eigenvalue weighted by atomic mass is 16.5. The molecule has 0 spiro atoms. The van der Waals surface area contributed by atoms with Gasteiger partial charge in [0.15, 0.2) is 0 Å². The summed E-state index contributed by atoms with van der Waals surface area (Å²) in [6, 6.07) is 8.54. The third kappa shape index (κ3) is 2.85. The average Bonchev–Trinajstić information content (AvgIpc) is 2.74. The van der Waals surface area contributed by atoms with E-state index >= 15 is 0 Å². The molecule has 6 nitrogen and oxygen atoms in total. The Morgan fingerprint density at radius 3 is 2.43 bits per heavy atom. The van der Waals surface area contributed by atoms with Gasteiger partial charge < -0.3 is 4.74 Å². The molecule has 0 aliphatic heterocycles. The Morgan fingerprint density at radius 2 is 1.86 bits per heavy atom. The van der Waals surface area contributed by atoms with Crippen molar-refractivity contribution in [2.45, 2.75) is 39.3 Å². The summed E-state index contributed by atoms with van der Waals surface area (Å²) in [6.07, 6.45) is 0. The van der Waals surface area contributed by atoms with Crippen molar-refractivity contribution in [1.29, 1.82) is 0 Å². The number of hydrogen-bond donors (Lipinski definition) is 1. The number of aromatic amines is 1. The molecule has 1 unspecified atom stereocenters. The van der Waals surface area contributed by atoms with E-state index in [1.165, 1.54) is 4.68 Å². The molecule has 0 saturated carbocycles. The molecule has 1 N–H and O–H groups in total. The largest absolute Gasteiger partial charge is 0.374 e. The van der Waals surface area contributed by atoms with Crippen molar-refractivity contribution in [2.24, 2.45) is 0 Å². The summed E-state index contributed by atoms with van der Waals surface area (Å²) >= 11 is 0. The third-order valence-corrected chi connectivity index (χ3v) is 3.74. The Kier molecular flexibility index (Phi) is 4.18. The lowest BCUT2D eigenvalue weighted by molar-refractivity contribution is -0.0481. The summed E-state index contributed by atoms with van der Waals surface area (Å²) < 4.78 is 8.11. The number of rotatable bonds is 5. The zero-order chi connectivity index (χ0) is 15.6. The SMILES string of the molecule is CCOC(C)(C)C(C)n1[nH]c(=O)n(-c2ccccc2)c1=O. The van der Waals surface area contributed by atoms with Crippen molar-refractivity contribution in [3.63, 3.8) is 0 Å². The molecule has 0 bridgehead atoms. The maximum atomic E-state index is 12.5. The van der Waals surface area contributed by atoms with Gasteiger partial charge >= 0.3 is 11.4 Å². The van der Waals surface area contributed by atoms with Crippen LogP contribution in [0.3, 0.4) is 0 Å². The van der Waals surface area contributed by atoms with Gasteiger partial charge in [0.2, 0.25) is 0 Å². The predicted molar refractivity (Wildman–Crippen MR) is 81.1 cm³/mol. The van der Waals surface area contributed by atoms with Gasteiger partial charge in [-0.1, -0.05) is 18.2 Å². The lowest BCUT2D eigenvalue weighted by Gasteiger charge is -2.31.